The van der Waals surface area contributed by atoms with Gasteiger partial charge in [-0.1, -0.05) is 43.3 Å². The van der Waals surface area contributed by atoms with Gasteiger partial charge in [0.25, 0.3) is 0 Å². The van der Waals surface area contributed by atoms with Gasteiger partial charge in [-0.25, -0.2) is 9.78 Å². The molecule has 0 aliphatic heterocycles. The quantitative estimate of drug-likeness (QED) is 0.469. The Labute approximate surface area is 184 Å². The number of pyridine rings is 1. The van der Waals surface area contributed by atoms with Gasteiger partial charge in [-0.2, -0.15) is 4.98 Å². The Morgan fingerprint density at radius 2 is 1.97 bits per heavy atom. The van der Waals surface area contributed by atoms with E-state index in [4.69, 9.17) is 4.52 Å². The number of fused-ring (bicyclic) bond motifs is 1. The van der Waals surface area contributed by atoms with Crippen molar-refractivity contribution in [3.63, 3.8) is 0 Å². The number of carbonyl (C=O) groups is 1. The highest BCUT2D eigenvalue weighted by Gasteiger charge is 2.21. The lowest BCUT2D eigenvalue weighted by Crippen LogP contribution is -2.30. The van der Waals surface area contributed by atoms with Gasteiger partial charge in [0.1, 0.15) is 0 Å². The Morgan fingerprint density at radius 3 is 2.71 bits per heavy atom. The number of hydrogen-bond acceptors (Lipinski definition) is 7. The molecule has 0 spiro atoms. The van der Waals surface area contributed by atoms with E-state index in [0.717, 1.165) is 26.9 Å². The zero-order valence-electron chi connectivity index (χ0n) is 17.9. The van der Waals surface area contributed by atoms with Gasteiger partial charge >= 0.3 is 6.03 Å². The van der Waals surface area contributed by atoms with Crippen LogP contribution in [-0.2, 0) is 11.8 Å². The molecule has 0 aliphatic carbocycles. The van der Waals surface area contributed by atoms with Gasteiger partial charge < -0.3 is 9.84 Å². The Kier molecular flexibility index (Phi) is 5.69. The average Bonchev–Trinajstić information content (AvgIpc) is 3.33. The maximum Gasteiger partial charge on any atom is 0.321 e. The highest BCUT2D eigenvalue weighted by atomic mass is 32.1. The number of nitrogens with zero attached hydrogens (tertiary/aromatic N) is 4. The summed E-state index contributed by atoms with van der Waals surface area (Å²) in [6.45, 7) is 8.44. The predicted molar refractivity (Wildman–Crippen MR) is 121 cm³/mol. The van der Waals surface area contributed by atoms with Crippen molar-refractivity contribution >= 4 is 32.7 Å². The van der Waals surface area contributed by atoms with Crippen molar-refractivity contribution in [2.45, 2.75) is 39.5 Å². The van der Waals surface area contributed by atoms with Crippen molar-refractivity contribution in [3.05, 3.63) is 53.9 Å². The van der Waals surface area contributed by atoms with Gasteiger partial charge in [0.05, 0.1) is 10.2 Å². The zero-order valence-corrected chi connectivity index (χ0v) is 18.7. The van der Waals surface area contributed by atoms with Gasteiger partial charge in [-0.05, 0) is 36.2 Å². The molecule has 2 amide bonds. The summed E-state index contributed by atoms with van der Waals surface area (Å²) in [7, 11) is 0. The van der Waals surface area contributed by atoms with Crippen LogP contribution in [0.4, 0.5) is 9.93 Å². The summed E-state index contributed by atoms with van der Waals surface area (Å²) < 4.78 is 6.26. The number of aromatic nitrogens is 4. The lowest BCUT2D eigenvalue weighted by Gasteiger charge is -2.10. The second kappa shape index (κ2) is 8.43. The van der Waals surface area contributed by atoms with Crippen LogP contribution in [0.1, 0.15) is 38.0 Å². The topological polar surface area (TPSA) is 106 Å². The van der Waals surface area contributed by atoms with Gasteiger partial charge in [-0.3, -0.25) is 10.3 Å². The molecule has 0 unspecified atom stereocenters. The van der Waals surface area contributed by atoms with E-state index >= 15 is 0 Å². The van der Waals surface area contributed by atoms with Gasteiger partial charge in [0.15, 0.2) is 11.0 Å². The summed E-state index contributed by atoms with van der Waals surface area (Å²) in [6, 6.07) is 7.81. The molecule has 1 aromatic carbocycles. The van der Waals surface area contributed by atoms with E-state index in [1.165, 1.54) is 11.3 Å². The van der Waals surface area contributed by atoms with Crippen molar-refractivity contribution in [1.82, 2.24) is 25.4 Å². The average molecular weight is 437 g/mol. The van der Waals surface area contributed by atoms with Crippen LogP contribution >= 0.6 is 11.3 Å². The lowest BCUT2D eigenvalue weighted by atomic mass is 9.97. The molecule has 0 saturated heterocycles. The van der Waals surface area contributed by atoms with Gasteiger partial charge in [-0.15, -0.1) is 0 Å². The molecule has 0 radical (unpaired) electrons. The minimum absolute atomic E-state index is 0.196. The number of nitrogens with one attached hydrogen (secondary N) is 2. The molecule has 3 heterocycles. The fourth-order valence-corrected chi connectivity index (χ4v) is 3.86. The highest BCUT2D eigenvalue weighted by Crippen LogP contribution is 2.30. The number of carbonyl (C=O) groups excluding carboxylic acids is 1. The van der Waals surface area contributed by atoms with Gasteiger partial charge in [0.2, 0.25) is 5.89 Å². The van der Waals surface area contributed by atoms with Crippen molar-refractivity contribution in [2.75, 3.05) is 11.9 Å². The van der Waals surface area contributed by atoms with E-state index in [1.54, 1.807) is 0 Å². The first kappa shape index (κ1) is 20.9. The largest absolute Gasteiger partial charge is 0.339 e. The maximum atomic E-state index is 12.2. The normalized spacial score (nSPS) is 11.6. The first-order valence-electron chi connectivity index (χ1n) is 9.98. The third-order valence-electron chi connectivity index (χ3n) is 4.56. The molecule has 0 fully saturated rings. The maximum absolute atomic E-state index is 12.2. The molecule has 4 aromatic rings. The van der Waals surface area contributed by atoms with Crippen molar-refractivity contribution in [3.8, 4) is 11.1 Å². The molecule has 2 N–H and O–H groups in total. The van der Waals surface area contributed by atoms with Gasteiger partial charge in [0, 0.05) is 36.3 Å². The Morgan fingerprint density at radius 1 is 1.13 bits per heavy atom. The summed E-state index contributed by atoms with van der Waals surface area (Å²) in [5, 5.41) is 10.1. The number of urea groups is 1. The summed E-state index contributed by atoms with van der Waals surface area (Å²) >= 11 is 1.43. The number of anilines is 1. The van der Waals surface area contributed by atoms with Crippen LogP contribution in [0.2, 0.25) is 0 Å². The highest BCUT2D eigenvalue weighted by molar-refractivity contribution is 7.22. The summed E-state index contributed by atoms with van der Waals surface area (Å²) in [5.41, 5.74) is 3.87. The molecule has 0 bridgehead atoms. The Hall–Kier alpha value is -3.33. The van der Waals surface area contributed by atoms with E-state index in [9.17, 15) is 4.79 Å². The van der Waals surface area contributed by atoms with Crippen LogP contribution in [0.5, 0.6) is 0 Å². The molecule has 0 saturated carbocycles. The fraction of sp³-hybridized carbons (Fsp3) is 0.318. The van der Waals surface area contributed by atoms with Crippen LogP contribution < -0.4 is 10.6 Å². The Bertz CT molecular complexity index is 1220. The summed E-state index contributed by atoms with van der Waals surface area (Å²) in [6.07, 6.45) is 4.16. The molecular formula is C22H24N6O2S. The second-order valence-electron chi connectivity index (χ2n) is 8.35. The lowest BCUT2D eigenvalue weighted by molar-refractivity contribution is 0.252. The van der Waals surface area contributed by atoms with Crippen LogP contribution in [0.15, 0.2) is 41.2 Å². The van der Waals surface area contributed by atoms with E-state index in [0.29, 0.717) is 29.8 Å². The third-order valence-corrected chi connectivity index (χ3v) is 5.49. The van der Waals surface area contributed by atoms with Crippen LogP contribution in [0, 0.1) is 6.92 Å². The van der Waals surface area contributed by atoms with E-state index in [-0.39, 0.29) is 11.4 Å². The standard InChI is InChI=1S/C22H24N6O2S/c1-13-9-15(12-23-11-13)14-5-6-16-17(10-14)31-21(25-16)27-20(29)24-8-7-18-26-19(30-28-18)22(2,3)4/h5-6,9-12H,7-8H2,1-4H3,(H2,24,25,27,29). The van der Waals surface area contributed by atoms with E-state index < -0.39 is 0 Å². The predicted octanol–water partition coefficient (Wildman–Crippen LogP) is 4.71. The van der Waals surface area contributed by atoms with Crippen LogP contribution in [0.3, 0.4) is 0 Å². The molecule has 0 aliphatic rings. The summed E-state index contributed by atoms with van der Waals surface area (Å²) in [4.78, 5) is 25.4. The number of amides is 2. The van der Waals surface area contributed by atoms with Crippen molar-refractivity contribution in [1.29, 1.82) is 0 Å². The molecule has 8 nitrogen and oxygen atoms in total. The zero-order chi connectivity index (χ0) is 22.0. The minimum Gasteiger partial charge on any atom is -0.339 e. The number of rotatable bonds is 5. The molecule has 3 aromatic heterocycles. The third kappa shape index (κ3) is 5.05. The first-order chi connectivity index (χ1) is 14.8. The molecule has 160 valence electrons. The van der Waals surface area contributed by atoms with Crippen LogP contribution in [0.25, 0.3) is 21.3 Å². The van der Waals surface area contributed by atoms with E-state index in [2.05, 4.69) is 42.9 Å². The number of benzene rings is 1. The number of hydrogen-bond donors (Lipinski definition) is 2. The van der Waals surface area contributed by atoms with E-state index in [1.807, 2.05) is 52.2 Å². The smallest absolute Gasteiger partial charge is 0.321 e. The monoisotopic (exact) mass is 436 g/mol. The molecule has 4 rings (SSSR count). The number of aryl methyl sites for hydroxylation is 1. The summed E-state index contributed by atoms with van der Waals surface area (Å²) in [5.74, 6) is 1.16. The number of thiazole rings is 1. The molecule has 9 heteroatoms. The minimum atomic E-state index is -0.318. The molecular weight excluding hydrogens is 412 g/mol. The molecule has 31 heavy (non-hydrogen) atoms. The van der Waals surface area contributed by atoms with Crippen molar-refractivity contribution < 1.29 is 9.32 Å². The molecule has 0 atom stereocenters. The second-order valence-corrected chi connectivity index (χ2v) is 9.38. The van der Waals surface area contributed by atoms with Crippen LogP contribution in [-0.4, -0.2) is 32.7 Å². The fourth-order valence-electron chi connectivity index (χ4n) is 2.96. The van der Waals surface area contributed by atoms with Crippen molar-refractivity contribution in [2.24, 2.45) is 0 Å². The Balaban J connectivity index is 1.36. The SMILES string of the molecule is Cc1cncc(-c2ccc3nc(NC(=O)NCCc4noc(C(C)(C)C)n4)sc3c2)c1. The first-order valence-corrected chi connectivity index (χ1v) is 10.8.